The van der Waals surface area contributed by atoms with Gasteiger partial charge < -0.3 is 14.2 Å². The number of allylic oxidation sites excluding steroid dienone is 24. The van der Waals surface area contributed by atoms with E-state index in [0.29, 0.717) is 19.3 Å². The lowest BCUT2D eigenvalue weighted by molar-refractivity contribution is -0.167. The first-order valence-electron chi connectivity index (χ1n) is 28.8. The number of carbonyl (C=O) groups is 3. The molecule has 0 spiro atoms. The van der Waals surface area contributed by atoms with E-state index in [2.05, 4.69) is 167 Å². The minimum absolute atomic E-state index is 0.111. The Kier molecular flexibility index (Phi) is 55.0. The summed E-state index contributed by atoms with van der Waals surface area (Å²) < 4.78 is 16.7. The summed E-state index contributed by atoms with van der Waals surface area (Å²) in [5, 5.41) is 0. The smallest absolute Gasteiger partial charge is 0.306 e. The van der Waals surface area contributed by atoms with Crippen molar-refractivity contribution in [1.82, 2.24) is 0 Å². The maximum atomic E-state index is 12.8. The Labute approximate surface area is 442 Å². The van der Waals surface area contributed by atoms with Crippen LogP contribution in [-0.4, -0.2) is 37.2 Å². The van der Waals surface area contributed by atoms with Gasteiger partial charge in [-0.25, -0.2) is 0 Å². The lowest BCUT2D eigenvalue weighted by Crippen LogP contribution is -2.30. The number of hydrogen-bond donors (Lipinski definition) is 0. The van der Waals surface area contributed by atoms with Crippen LogP contribution in [0.1, 0.15) is 233 Å². The lowest BCUT2D eigenvalue weighted by Gasteiger charge is -2.18. The molecule has 72 heavy (non-hydrogen) atoms. The molecule has 0 saturated heterocycles. The van der Waals surface area contributed by atoms with Gasteiger partial charge in [0.25, 0.3) is 0 Å². The average molecular weight is 994 g/mol. The normalized spacial score (nSPS) is 13.2. The number of unbranched alkanes of at least 4 members (excludes halogenated alkanes) is 15. The Morgan fingerprint density at radius 2 is 0.583 bits per heavy atom. The second kappa shape index (κ2) is 58.9. The Morgan fingerprint density at radius 1 is 0.292 bits per heavy atom. The van der Waals surface area contributed by atoms with E-state index in [4.69, 9.17) is 14.2 Å². The summed E-state index contributed by atoms with van der Waals surface area (Å²) in [6.07, 6.45) is 84.2. The van der Waals surface area contributed by atoms with Crippen molar-refractivity contribution in [3.8, 4) is 0 Å². The first kappa shape index (κ1) is 67.3. The molecular weight excluding hydrogens is 889 g/mol. The van der Waals surface area contributed by atoms with Crippen LogP contribution >= 0.6 is 0 Å². The molecular formula is C66H104O6. The molecule has 0 N–H and O–H groups in total. The predicted octanol–water partition coefficient (Wildman–Crippen LogP) is 19.6. The second-order valence-electron chi connectivity index (χ2n) is 18.5. The largest absolute Gasteiger partial charge is 0.462 e. The van der Waals surface area contributed by atoms with Crippen molar-refractivity contribution in [2.24, 2.45) is 0 Å². The monoisotopic (exact) mass is 993 g/mol. The highest BCUT2D eigenvalue weighted by Gasteiger charge is 2.19. The molecule has 0 radical (unpaired) electrons. The minimum atomic E-state index is -0.817. The first-order chi connectivity index (χ1) is 35.5. The van der Waals surface area contributed by atoms with Crippen molar-refractivity contribution in [3.05, 3.63) is 146 Å². The average Bonchev–Trinajstić information content (AvgIpc) is 3.38. The van der Waals surface area contributed by atoms with E-state index in [1.54, 1.807) is 0 Å². The molecule has 0 heterocycles. The molecule has 1 unspecified atom stereocenters. The fourth-order valence-electron chi connectivity index (χ4n) is 7.24. The molecule has 6 nitrogen and oxygen atoms in total. The Morgan fingerprint density at radius 3 is 0.972 bits per heavy atom. The van der Waals surface area contributed by atoms with Crippen LogP contribution in [0.15, 0.2) is 146 Å². The molecule has 0 aromatic rings. The number of hydrogen-bond acceptors (Lipinski definition) is 6. The molecule has 0 aliphatic heterocycles. The van der Waals surface area contributed by atoms with Gasteiger partial charge in [0.1, 0.15) is 13.2 Å². The summed E-state index contributed by atoms with van der Waals surface area (Å²) in [5.41, 5.74) is 0. The summed E-state index contributed by atoms with van der Waals surface area (Å²) in [6.45, 7) is 6.35. The predicted molar refractivity (Wildman–Crippen MR) is 311 cm³/mol. The maximum Gasteiger partial charge on any atom is 0.306 e. The van der Waals surface area contributed by atoms with Gasteiger partial charge in [-0.3, -0.25) is 14.4 Å². The third-order valence-electron chi connectivity index (χ3n) is 11.5. The van der Waals surface area contributed by atoms with E-state index in [1.807, 2.05) is 0 Å². The summed E-state index contributed by atoms with van der Waals surface area (Å²) in [5.74, 6) is -1.01. The molecule has 0 aromatic heterocycles. The zero-order valence-corrected chi connectivity index (χ0v) is 46.1. The van der Waals surface area contributed by atoms with E-state index >= 15 is 0 Å². The minimum Gasteiger partial charge on any atom is -0.462 e. The van der Waals surface area contributed by atoms with Crippen molar-refractivity contribution < 1.29 is 28.6 Å². The van der Waals surface area contributed by atoms with E-state index < -0.39 is 6.10 Å². The van der Waals surface area contributed by atoms with Crippen LogP contribution in [0.2, 0.25) is 0 Å². The fourth-order valence-corrected chi connectivity index (χ4v) is 7.24. The third kappa shape index (κ3) is 56.2. The molecule has 0 fully saturated rings. The van der Waals surface area contributed by atoms with Gasteiger partial charge in [0, 0.05) is 19.3 Å². The van der Waals surface area contributed by atoms with E-state index in [9.17, 15) is 14.4 Å². The van der Waals surface area contributed by atoms with Crippen molar-refractivity contribution >= 4 is 17.9 Å². The molecule has 0 aliphatic rings. The van der Waals surface area contributed by atoms with Gasteiger partial charge in [0.15, 0.2) is 6.10 Å². The Balaban J connectivity index is 4.42. The summed E-state index contributed by atoms with van der Waals surface area (Å²) in [6, 6.07) is 0. The molecule has 0 aliphatic carbocycles. The molecule has 1 atom stereocenters. The number of ether oxygens (including phenoxy) is 3. The lowest BCUT2D eigenvalue weighted by atomic mass is 10.1. The van der Waals surface area contributed by atoms with E-state index in [1.165, 1.54) is 38.5 Å². The van der Waals surface area contributed by atoms with Crippen molar-refractivity contribution in [1.29, 1.82) is 0 Å². The highest BCUT2D eigenvalue weighted by molar-refractivity contribution is 5.71. The van der Waals surface area contributed by atoms with Crippen LogP contribution < -0.4 is 0 Å². The molecule has 6 heteroatoms. The van der Waals surface area contributed by atoms with Gasteiger partial charge >= 0.3 is 17.9 Å². The zero-order chi connectivity index (χ0) is 52.2. The van der Waals surface area contributed by atoms with Gasteiger partial charge in [0.05, 0.1) is 0 Å². The number of rotatable bonds is 50. The van der Waals surface area contributed by atoms with E-state index in [-0.39, 0.29) is 37.5 Å². The zero-order valence-electron chi connectivity index (χ0n) is 46.1. The molecule has 0 bridgehead atoms. The van der Waals surface area contributed by atoms with Gasteiger partial charge in [-0.05, 0) is 135 Å². The number of carbonyl (C=O) groups excluding carboxylic acids is 3. The summed E-state index contributed by atoms with van der Waals surface area (Å²) in [4.78, 5) is 38.0. The number of esters is 3. The van der Waals surface area contributed by atoms with Crippen LogP contribution in [0, 0.1) is 0 Å². The third-order valence-corrected chi connectivity index (χ3v) is 11.5. The first-order valence-corrected chi connectivity index (χ1v) is 28.8. The summed E-state index contributed by atoms with van der Waals surface area (Å²) in [7, 11) is 0. The van der Waals surface area contributed by atoms with Crippen LogP contribution in [-0.2, 0) is 28.6 Å². The molecule has 0 saturated carbocycles. The van der Waals surface area contributed by atoms with Crippen LogP contribution in [0.4, 0.5) is 0 Å². The molecule has 0 rings (SSSR count). The van der Waals surface area contributed by atoms with Gasteiger partial charge in [-0.2, -0.15) is 0 Å². The fraction of sp³-hybridized carbons (Fsp3) is 0.591. The summed E-state index contributed by atoms with van der Waals surface area (Å²) >= 11 is 0. The highest BCUT2D eigenvalue weighted by atomic mass is 16.6. The topological polar surface area (TPSA) is 78.9 Å². The second-order valence-corrected chi connectivity index (χ2v) is 18.5. The Bertz CT molecular complexity index is 1610. The van der Waals surface area contributed by atoms with E-state index in [0.717, 1.165) is 148 Å². The highest BCUT2D eigenvalue weighted by Crippen LogP contribution is 2.12. The maximum absolute atomic E-state index is 12.8. The van der Waals surface area contributed by atoms with Crippen molar-refractivity contribution in [2.75, 3.05) is 13.2 Å². The quantitative estimate of drug-likeness (QED) is 0.0261. The van der Waals surface area contributed by atoms with Crippen LogP contribution in [0.25, 0.3) is 0 Å². The molecule has 404 valence electrons. The molecule has 0 amide bonds. The van der Waals surface area contributed by atoms with Gasteiger partial charge in [0.2, 0.25) is 0 Å². The standard InChI is InChI=1S/C66H104O6/c1-4-7-10-13-16-19-22-24-26-27-28-29-30-31-32-33-34-35-36-37-38-39-41-42-44-47-50-53-56-59-65(68)71-62-63(61-70-64(67)58-55-52-49-46-21-18-15-12-9-6-3)72-66(69)60-57-54-51-48-45-43-40-25-23-20-17-14-11-8-5-2/h7,10,12,15-17,19-20,24-26,28-29,31-32,34-35,37-38,40-42,47,50,63H,4-6,8-9,11,13-14,18,21-23,27,30,33,36,39,43-46,48-49,51-62H2,1-3H3/b10-7-,15-12-,19-16-,20-17-,26-24-,29-28-,32-31-,35-34-,38-37-,40-25-,42-41-,50-47-. The van der Waals surface area contributed by atoms with Gasteiger partial charge in [-0.1, -0.05) is 224 Å². The molecule has 0 aromatic carbocycles. The van der Waals surface area contributed by atoms with Crippen LogP contribution in [0.3, 0.4) is 0 Å². The SMILES string of the molecule is CC/C=C\C/C=C\C/C=C\C/C=C\C/C=C\C/C=C\C/C=C\C/C=C\C/C=C\CCCC(=O)OCC(COC(=O)CCCCCCC/C=C\CCC)OC(=O)CCCCCCC/C=C\C/C=C\CCCCC. The van der Waals surface area contributed by atoms with Crippen molar-refractivity contribution in [2.45, 2.75) is 239 Å². The van der Waals surface area contributed by atoms with Crippen molar-refractivity contribution in [3.63, 3.8) is 0 Å². The van der Waals surface area contributed by atoms with Crippen LogP contribution in [0.5, 0.6) is 0 Å². The Hall–Kier alpha value is -4.71. The van der Waals surface area contributed by atoms with Gasteiger partial charge in [-0.15, -0.1) is 0 Å².